The Balaban J connectivity index is 1.72. The lowest BCUT2D eigenvalue weighted by Crippen LogP contribution is -2.52. The molecule has 11 heteroatoms. The Kier molecular flexibility index (Phi) is 4.52. The van der Waals surface area contributed by atoms with Crippen LogP contribution in [0.15, 0.2) is 29.2 Å². The standard InChI is InChI=1S/C14H13ClN6O4/c15-10-5-9(13(23)19-18-10)17-11-2-1-8(6-16-11)21-4-3-20(14(24)25)7-12(21)22/h1-2,5-6H,3-4,7H2,(H,19,23)(H,24,25)(H,16,17,18). The molecule has 2 amide bonds. The first-order valence-corrected chi connectivity index (χ1v) is 7.58. The summed E-state index contributed by atoms with van der Waals surface area (Å²) in [6, 6.07) is 4.62. The van der Waals surface area contributed by atoms with Crippen molar-refractivity contribution < 1.29 is 14.7 Å². The minimum Gasteiger partial charge on any atom is -0.465 e. The van der Waals surface area contributed by atoms with Crippen LogP contribution in [0, 0.1) is 0 Å². The maximum atomic E-state index is 12.1. The second-order valence-corrected chi connectivity index (χ2v) is 5.60. The molecule has 0 radical (unpaired) electrons. The van der Waals surface area contributed by atoms with Crippen LogP contribution in [0.3, 0.4) is 0 Å². The smallest absolute Gasteiger partial charge is 0.407 e. The van der Waals surface area contributed by atoms with Crippen LogP contribution < -0.4 is 15.8 Å². The summed E-state index contributed by atoms with van der Waals surface area (Å²) in [5.41, 5.74) is 0.281. The van der Waals surface area contributed by atoms with Gasteiger partial charge in [0.05, 0.1) is 11.9 Å². The van der Waals surface area contributed by atoms with Crippen molar-refractivity contribution in [2.75, 3.05) is 29.9 Å². The minimum absolute atomic E-state index is 0.126. The highest BCUT2D eigenvalue weighted by atomic mass is 35.5. The average molecular weight is 365 g/mol. The SMILES string of the molecule is O=C(O)N1CCN(c2ccc(Nc3cc(Cl)n[nH]c3=O)nc2)C(=O)C1. The van der Waals surface area contributed by atoms with Crippen molar-refractivity contribution in [3.05, 3.63) is 39.9 Å². The first-order valence-electron chi connectivity index (χ1n) is 7.20. The quantitative estimate of drug-likeness (QED) is 0.736. The second-order valence-electron chi connectivity index (χ2n) is 5.21. The normalized spacial score (nSPS) is 14.5. The van der Waals surface area contributed by atoms with E-state index in [4.69, 9.17) is 16.7 Å². The molecule has 3 rings (SSSR count). The van der Waals surface area contributed by atoms with E-state index in [1.807, 2.05) is 0 Å². The third-order valence-electron chi connectivity index (χ3n) is 3.59. The van der Waals surface area contributed by atoms with Crippen molar-refractivity contribution in [2.24, 2.45) is 0 Å². The van der Waals surface area contributed by atoms with E-state index in [2.05, 4.69) is 20.5 Å². The molecule has 0 saturated carbocycles. The van der Waals surface area contributed by atoms with Crippen molar-refractivity contribution >= 4 is 40.8 Å². The fraction of sp³-hybridized carbons (Fsp3) is 0.214. The summed E-state index contributed by atoms with van der Waals surface area (Å²) < 4.78 is 0. The molecule has 0 unspecified atom stereocenters. The Morgan fingerprint density at radius 1 is 1.32 bits per heavy atom. The van der Waals surface area contributed by atoms with E-state index in [1.165, 1.54) is 17.2 Å². The lowest BCUT2D eigenvalue weighted by Gasteiger charge is -2.32. The van der Waals surface area contributed by atoms with Gasteiger partial charge in [-0.15, -0.1) is 0 Å². The Bertz CT molecular complexity index is 868. The van der Waals surface area contributed by atoms with Gasteiger partial charge in [0.25, 0.3) is 5.56 Å². The largest absolute Gasteiger partial charge is 0.465 e. The molecule has 0 bridgehead atoms. The number of amides is 2. The third-order valence-corrected chi connectivity index (χ3v) is 3.78. The molecule has 1 saturated heterocycles. The van der Waals surface area contributed by atoms with Crippen LogP contribution >= 0.6 is 11.6 Å². The molecule has 0 atom stereocenters. The van der Waals surface area contributed by atoms with Crippen LogP contribution in [-0.4, -0.2) is 56.8 Å². The van der Waals surface area contributed by atoms with E-state index in [9.17, 15) is 14.4 Å². The predicted octanol–water partition coefficient (Wildman–Crippen LogP) is 0.889. The second kappa shape index (κ2) is 6.77. The first kappa shape index (κ1) is 16.7. The van der Waals surface area contributed by atoms with E-state index in [1.54, 1.807) is 12.1 Å². The molecule has 10 nitrogen and oxygen atoms in total. The minimum atomic E-state index is -1.12. The first-order chi connectivity index (χ1) is 11.9. The van der Waals surface area contributed by atoms with Gasteiger partial charge in [0.1, 0.15) is 18.1 Å². The maximum Gasteiger partial charge on any atom is 0.407 e. The van der Waals surface area contributed by atoms with E-state index in [0.717, 1.165) is 4.90 Å². The number of hydrogen-bond donors (Lipinski definition) is 3. The Morgan fingerprint density at radius 3 is 2.76 bits per heavy atom. The fourth-order valence-corrected chi connectivity index (χ4v) is 2.49. The molecule has 0 aliphatic carbocycles. The zero-order chi connectivity index (χ0) is 18.0. The van der Waals surface area contributed by atoms with Gasteiger partial charge >= 0.3 is 6.09 Å². The number of halogens is 1. The highest BCUT2D eigenvalue weighted by molar-refractivity contribution is 6.29. The third kappa shape index (κ3) is 3.69. The van der Waals surface area contributed by atoms with Gasteiger partial charge in [0, 0.05) is 19.2 Å². The van der Waals surface area contributed by atoms with E-state index >= 15 is 0 Å². The molecule has 3 N–H and O–H groups in total. The summed E-state index contributed by atoms with van der Waals surface area (Å²) in [6.07, 6.45) is 0.347. The van der Waals surface area contributed by atoms with E-state index in [-0.39, 0.29) is 36.4 Å². The number of H-pyrrole nitrogens is 1. The van der Waals surface area contributed by atoms with Gasteiger partial charge in [-0.05, 0) is 12.1 Å². The molecule has 1 aliphatic heterocycles. The maximum absolute atomic E-state index is 12.1. The van der Waals surface area contributed by atoms with Crippen LogP contribution in [0.4, 0.5) is 22.0 Å². The summed E-state index contributed by atoms with van der Waals surface area (Å²) in [6.45, 7) is 0.283. The fourth-order valence-electron chi connectivity index (χ4n) is 2.34. The van der Waals surface area contributed by atoms with Crippen LogP contribution in [0.5, 0.6) is 0 Å². The van der Waals surface area contributed by atoms with E-state index < -0.39 is 11.7 Å². The number of nitrogens with zero attached hydrogens (tertiary/aromatic N) is 4. The van der Waals surface area contributed by atoms with Crippen LogP contribution in [0.2, 0.25) is 5.15 Å². The monoisotopic (exact) mass is 364 g/mol. The zero-order valence-electron chi connectivity index (χ0n) is 12.8. The summed E-state index contributed by atoms with van der Waals surface area (Å²) in [7, 11) is 0. The van der Waals surface area contributed by atoms with Crippen molar-refractivity contribution in [1.82, 2.24) is 20.1 Å². The number of nitrogens with one attached hydrogen (secondary N) is 2. The number of carbonyl (C=O) groups excluding carboxylic acids is 1. The lowest BCUT2D eigenvalue weighted by molar-refractivity contribution is -0.120. The molecular weight excluding hydrogens is 352 g/mol. The molecule has 3 heterocycles. The van der Waals surface area contributed by atoms with Gasteiger partial charge in [-0.1, -0.05) is 11.6 Å². The molecule has 130 valence electrons. The predicted molar refractivity (Wildman–Crippen MR) is 89.3 cm³/mol. The van der Waals surface area contributed by atoms with Crippen molar-refractivity contribution in [3.8, 4) is 0 Å². The summed E-state index contributed by atoms with van der Waals surface area (Å²) >= 11 is 5.73. The zero-order valence-corrected chi connectivity index (χ0v) is 13.5. The topological polar surface area (TPSA) is 132 Å². The number of piperazine rings is 1. The van der Waals surface area contributed by atoms with Crippen molar-refractivity contribution in [2.45, 2.75) is 0 Å². The number of aromatic nitrogens is 3. The summed E-state index contributed by atoms with van der Waals surface area (Å²) in [4.78, 5) is 41.3. The molecule has 0 aromatic carbocycles. The highest BCUT2D eigenvalue weighted by Crippen LogP contribution is 2.19. The Morgan fingerprint density at radius 2 is 2.12 bits per heavy atom. The van der Waals surface area contributed by atoms with Crippen molar-refractivity contribution in [1.29, 1.82) is 0 Å². The Labute approximate surface area is 146 Å². The van der Waals surface area contributed by atoms with E-state index in [0.29, 0.717) is 11.5 Å². The van der Waals surface area contributed by atoms with Gasteiger partial charge < -0.3 is 15.3 Å². The van der Waals surface area contributed by atoms with Gasteiger partial charge in [0.2, 0.25) is 5.91 Å². The number of aromatic amines is 1. The molecule has 0 spiro atoms. The molecule has 2 aromatic heterocycles. The average Bonchev–Trinajstić information content (AvgIpc) is 2.59. The van der Waals surface area contributed by atoms with Crippen LogP contribution in [-0.2, 0) is 4.79 Å². The summed E-state index contributed by atoms with van der Waals surface area (Å²) in [5.74, 6) is 0.0571. The van der Waals surface area contributed by atoms with Crippen molar-refractivity contribution in [3.63, 3.8) is 0 Å². The molecular formula is C14H13ClN6O4. The molecule has 1 aliphatic rings. The number of anilines is 3. The summed E-state index contributed by atoms with van der Waals surface area (Å²) in [5, 5.41) is 17.7. The number of carboxylic acid groups (broad SMARTS) is 1. The molecule has 2 aromatic rings. The van der Waals surface area contributed by atoms with Crippen LogP contribution in [0.1, 0.15) is 0 Å². The lowest BCUT2D eigenvalue weighted by atomic mass is 10.2. The van der Waals surface area contributed by atoms with Gasteiger partial charge in [-0.2, -0.15) is 5.10 Å². The number of pyridine rings is 1. The molecule has 1 fully saturated rings. The van der Waals surface area contributed by atoms with Crippen LogP contribution in [0.25, 0.3) is 0 Å². The number of hydrogen-bond acceptors (Lipinski definition) is 6. The molecule has 25 heavy (non-hydrogen) atoms. The van der Waals surface area contributed by atoms with Gasteiger partial charge in [-0.3, -0.25) is 14.5 Å². The number of rotatable bonds is 3. The Hall–Kier alpha value is -3.14. The highest BCUT2D eigenvalue weighted by Gasteiger charge is 2.27. The van der Waals surface area contributed by atoms with Gasteiger partial charge in [-0.25, -0.2) is 14.9 Å². The van der Waals surface area contributed by atoms with Gasteiger partial charge in [0.15, 0.2) is 5.15 Å². The number of carbonyl (C=O) groups is 2.